The van der Waals surface area contributed by atoms with E-state index in [1.54, 1.807) is 12.1 Å². The SMILES string of the molecule is CCc1ccccc1NC(=O)N1CCN(Cc2cccc(F)c2)CC1. The molecular weight excluding hydrogens is 317 g/mol. The highest BCUT2D eigenvalue weighted by molar-refractivity contribution is 5.90. The minimum absolute atomic E-state index is 0.0497. The Morgan fingerprint density at radius 1 is 1.08 bits per heavy atom. The van der Waals surface area contributed by atoms with E-state index < -0.39 is 0 Å². The lowest BCUT2D eigenvalue weighted by Crippen LogP contribution is -2.49. The molecule has 0 radical (unpaired) electrons. The lowest BCUT2D eigenvalue weighted by Gasteiger charge is -2.34. The highest BCUT2D eigenvalue weighted by Gasteiger charge is 2.21. The lowest BCUT2D eigenvalue weighted by atomic mass is 10.1. The van der Waals surface area contributed by atoms with Gasteiger partial charge in [-0.3, -0.25) is 4.90 Å². The Kier molecular flexibility index (Phi) is 5.66. The molecule has 1 fully saturated rings. The van der Waals surface area contributed by atoms with Crippen LogP contribution in [0.5, 0.6) is 0 Å². The molecule has 0 saturated carbocycles. The number of nitrogens with zero attached hydrogens (tertiary/aromatic N) is 2. The molecule has 0 aliphatic carbocycles. The first-order valence-electron chi connectivity index (χ1n) is 8.76. The Hall–Kier alpha value is -2.40. The molecular formula is C20H24FN3O. The van der Waals surface area contributed by atoms with Crippen molar-refractivity contribution in [2.24, 2.45) is 0 Å². The van der Waals surface area contributed by atoms with Gasteiger partial charge in [-0.2, -0.15) is 0 Å². The van der Waals surface area contributed by atoms with Gasteiger partial charge in [0, 0.05) is 38.4 Å². The maximum absolute atomic E-state index is 13.3. The summed E-state index contributed by atoms with van der Waals surface area (Å²) in [4.78, 5) is 16.6. The summed E-state index contributed by atoms with van der Waals surface area (Å²) in [6, 6.07) is 14.5. The second kappa shape index (κ2) is 8.12. The second-order valence-corrected chi connectivity index (χ2v) is 6.33. The molecule has 132 valence electrons. The number of amides is 2. The minimum Gasteiger partial charge on any atom is -0.322 e. The lowest BCUT2D eigenvalue weighted by molar-refractivity contribution is 0.143. The number of carbonyl (C=O) groups is 1. The Morgan fingerprint density at radius 2 is 1.84 bits per heavy atom. The van der Waals surface area contributed by atoms with Crippen molar-refractivity contribution in [1.82, 2.24) is 9.80 Å². The number of halogens is 1. The average molecular weight is 341 g/mol. The molecule has 25 heavy (non-hydrogen) atoms. The third-order valence-corrected chi connectivity index (χ3v) is 4.59. The summed E-state index contributed by atoms with van der Waals surface area (Å²) in [6.07, 6.45) is 0.887. The number of carbonyl (C=O) groups excluding carboxylic acids is 1. The summed E-state index contributed by atoms with van der Waals surface area (Å²) >= 11 is 0. The van der Waals surface area contributed by atoms with Crippen LogP contribution in [0.3, 0.4) is 0 Å². The van der Waals surface area contributed by atoms with E-state index >= 15 is 0 Å². The van der Waals surface area contributed by atoms with Crippen LogP contribution in [-0.2, 0) is 13.0 Å². The first-order valence-corrected chi connectivity index (χ1v) is 8.76. The fourth-order valence-electron chi connectivity index (χ4n) is 3.15. The Morgan fingerprint density at radius 3 is 2.56 bits per heavy atom. The molecule has 2 aromatic carbocycles. The van der Waals surface area contributed by atoms with Gasteiger partial charge in [-0.1, -0.05) is 37.3 Å². The Bertz CT molecular complexity index is 726. The van der Waals surface area contributed by atoms with Gasteiger partial charge in [0.15, 0.2) is 0 Å². The molecule has 2 aromatic rings. The number of anilines is 1. The van der Waals surface area contributed by atoms with Gasteiger partial charge in [0.1, 0.15) is 5.82 Å². The summed E-state index contributed by atoms with van der Waals surface area (Å²) in [6.45, 7) is 5.73. The standard InChI is InChI=1S/C20H24FN3O/c1-2-17-7-3-4-9-19(17)22-20(25)24-12-10-23(11-13-24)15-16-6-5-8-18(21)14-16/h3-9,14H,2,10-13,15H2,1H3,(H,22,25). The van der Waals surface area contributed by atoms with E-state index in [9.17, 15) is 9.18 Å². The number of para-hydroxylation sites is 1. The molecule has 0 bridgehead atoms. The summed E-state index contributed by atoms with van der Waals surface area (Å²) < 4.78 is 13.3. The van der Waals surface area contributed by atoms with Gasteiger partial charge in [0.2, 0.25) is 0 Å². The predicted molar refractivity (Wildman–Crippen MR) is 98.1 cm³/mol. The molecule has 1 aliphatic heterocycles. The van der Waals surface area contributed by atoms with Crippen LogP contribution in [0.2, 0.25) is 0 Å². The highest BCUT2D eigenvalue weighted by atomic mass is 19.1. The number of aryl methyl sites for hydroxylation is 1. The van der Waals surface area contributed by atoms with Crippen LogP contribution >= 0.6 is 0 Å². The monoisotopic (exact) mass is 341 g/mol. The molecule has 0 aromatic heterocycles. The predicted octanol–water partition coefficient (Wildman–Crippen LogP) is 3.74. The highest BCUT2D eigenvalue weighted by Crippen LogP contribution is 2.17. The van der Waals surface area contributed by atoms with Crippen molar-refractivity contribution >= 4 is 11.7 Å². The van der Waals surface area contributed by atoms with E-state index in [2.05, 4.69) is 17.1 Å². The molecule has 1 N–H and O–H groups in total. The van der Waals surface area contributed by atoms with Crippen molar-refractivity contribution in [1.29, 1.82) is 0 Å². The smallest absolute Gasteiger partial charge is 0.321 e. The summed E-state index contributed by atoms with van der Waals surface area (Å²) in [7, 11) is 0. The van der Waals surface area contributed by atoms with Crippen LogP contribution in [-0.4, -0.2) is 42.0 Å². The van der Waals surface area contributed by atoms with Crippen LogP contribution in [0, 0.1) is 5.82 Å². The van der Waals surface area contributed by atoms with Gasteiger partial charge in [-0.15, -0.1) is 0 Å². The topological polar surface area (TPSA) is 35.6 Å². The number of benzene rings is 2. The van der Waals surface area contributed by atoms with Crippen LogP contribution in [0.25, 0.3) is 0 Å². The number of rotatable bonds is 4. The zero-order valence-corrected chi connectivity index (χ0v) is 14.5. The fourth-order valence-corrected chi connectivity index (χ4v) is 3.15. The van der Waals surface area contributed by atoms with Gasteiger partial charge in [-0.25, -0.2) is 9.18 Å². The van der Waals surface area contributed by atoms with Gasteiger partial charge >= 0.3 is 6.03 Å². The maximum atomic E-state index is 13.3. The largest absolute Gasteiger partial charge is 0.322 e. The number of hydrogen-bond donors (Lipinski definition) is 1. The second-order valence-electron chi connectivity index (χ2n) is 6.33. The van der Waals surface area contributed by atoms with Crippen LogP contribution in [0.1, 0.15) is 18.1 Å². The molecule has 0 spiro atoms. The minimum atomic E-state index is -0.204. The molecule has 0 atom stereocenters. The fraction of sp³-hybridized carbons (Fsp3) is 0.350. The van der Waals surface area contributed by atoms with Crippen LogP contribution in [0.15, 0.2) is 48.5 Å². The van der Waals surface area contributed by atoms with E-state index in [0.717, 1.165) is 36.3 Å². The molecule has 4 nitrogen and oxygen atoms in total. The molecule has 1 saturated heterocycles. The Balaban J connectivity index is 1.52. The first-order chi connectivity index (χ1) is 12.2. The van der Waals surface area contributed by atoms with Gasteiger partial charge in [0.25, 0.3) is 0 Å². The number of hydrogen-bond acceptors (Lipinski definition) is 2. The maximum Gasteiger partial charge on any atom is 0.321 e. The van der Waals surface area contributed by atoms with Crippen LogP contribution < -0.4 is 5.32 Å². The van der Waals surface area contributed by atoms with Crippen molar-refractivity contribution in [2.45, 2.75) is 19.9 Å². The summed E-state index contributed by atoms with van der Waals surface area (Å²) in [5.74, 6) is -0.204. The van der Waals surface area contributed by atoms with E-state index in [4.69, 9.17) is 0 Å². The Labute approximate surface area is 148 Å². The molecule has 2 amide bonds. The average Bonchev–Trinajstić information content (AvgIpc) is 2.63. The van der Waals surface area contributed by atoms with E-state index in [1.165, 1.54) is 6.07 Å². The van der Waals surface area contributed by atoms with Gasteiger partial charge in [-0.05, 0) is 35.7 Å². The number of urea groups is 1. The van der Waals surface area contributed by atoms with E-state index in [-0.39, 0.29) is 11.8 Å². The van der Waals surface area contributed by atoms with Crippen molar-refractivity contribution in [2.75, 3.05) is 31.5 Å². The number of piperazine rings is 1. The molecule has 3 rings (SSSR count). The van der Waals surface area contributed by atoms with Gasteiger partial charge in [0.05, 0.1) is 0 Å². The zero-order chi connectivity index (χ0) is 17.6. The quantitative estimate of drug-likeness (QED) is 0.919. The summed E-state index contributed by atoms with van der Waals surface area (Å²) in [5.41, 5.74) is 2.99. The van der Waals surface area contributed by atoms with Crippen molar-refractivity contribution in [3.8, 4) is 0 Å². The third kappa shape index (κ3) is 4.57. The molecule has 0 unspecified atom stereocenters. The number of nitrogens with one attached hydrogen (secondary N) is 1. The molecule has 1 aliphatic rings. The zero-order valence-electron chi connectivity index (χ0n) is 14.5. The third-order valence-electron chi connectivity index (χ3n) is 4.59. The normalized spacial score (nSPS) is 15.2. The van der Waals surface area contributed by atoms with Crippen molar-refractivity contribution in [3.05, 3.63) is 65.5 Å². The van der Waals surface area contributed by atoms with Crippen molar-refractivity contribution in [3.63, 3.8) is 0 Å². The van der Waals surface area contributed by atoms with E-state index in [1.807, 2.05) is 35.2 Å². The molecule has 5 heteroatoms. The van der Waals surface area contributed by atoms with Crippen LogP contribution in [0.4, 0.5) is 14.9 Å². The summed E-state index contributed by atoms with van der Waals surface area (Å²) in [5, 5.41) is 3.02. The van der Waals surface area contributed by atoms with Gasteiger partial charge < -0.3 is 10.2 Å². The first kappa shape index (κ1) is 17.4. The molecule has 1 heterocycles. The van der Waals surface area contributed by atoms with E-state index in [0.29, 0.717) is 19.6 Å². The van der Waals surface area contributed by atoms with Crippen molar-refractivity contribution < 1.29 is 9.18 Å².